The molecule has 0 radical (unpaired) electrons. The summed E-state index contributed by atoms with van der Waals surface area (Å²) in [6.45, 7) is 4.34. The highest BCUT2D eigenvalue weighted by atomic mass is 35.5. The van der Waals surface area contributed by atoms with Gasteiger partial charge in [0.2, 0.25) is 0 Å². The molecule has 100 valence electrons. The van der Waals surface area contributed by atoms with E-state index in [1.54, 1.807) is 0 Å². The summed E-state index contributed by atoms with van der Waals surface area (Å²) in [4.78, 5) is 0. The van der Waals surface area contributed by atoms with Crippen LogP contribution in [-0.2, 0) is 0 Å². The van der Waals surface area contributed by atoms with E-state index in [1.165, 1.54) is 11.1 Å². The highest BCUT2D eigenvalue weighted by Gasteiger charge is 2.22. The lowest BCUT2D eigenvalue weighted by molar-refractivity contribution is 0.603. The lowest BCUT2D eigenvalue weighted by atomic mass is 10.0. The molecule has 0 atom stereocenters. The maximum Gasteiger partial charge on any atom is 0.0447 e. The molecule has 1 aromatic rings. The Morgan fingerprint density at radius 3 is 1.84 bits per heavy atom. The third kappa shape index (κ3) is 2.30. The van der Waals surface area contributed by atoms with Crippen LogP contribution in [-0.4, -0.2) is 4.57 Å². The van der Waals surface area contributed by atoms with Crippen molar-refractivity contribution in [3.05, 3.63) is 44.7 Å². The summed E-state index contributed by atoms with van der Waals surface area (Å²) < 4.78 is 2.20. The lowest BCUT2D eigenvalue weighted by Crippen LogP contribution is -1.95. The lowest BCUT2D eigenvalue weighted by Gasteiger charge is -2.09. The predicted molar refractivity (Wildman–Crippen MR) is 83.4 cm³/mol. The molecule has 0 bridgehead atoms. The number of nitrogens with zero attached hydrogens (tertiary/aromatic N) is 1. The second-order valence-corrected chi connectivity index (χ2v) is 6.32. The summed E-state index contributed by atoms with van der Waals surface area (Å²) in [5.41, 5.74) is 4.75. The van der Waals surface area contributed by atoms with E-state index in [0.717, 1.165) is 40.5 Å². The summed E-state index contributed by atoms with van der Waals surface area (Å²) in [7, 11) is 0. The first kappa shape index (κ1) is 13.1. The second-order valence-electron chi connectivity index (χ2n) is 5.51. The van der Waals surface area contributed by atoms with Gasteiger partial charge >= 0.3 is 0 Å². The molecular formula is C16H17Cl2N. The molecule has 1 aromatic heterocycles. The number of aromatic nitrogens is 1. The first-order valence-electron chi connectivity index (χ1n) is 6.75. The van der Waals surface area contributed by atoms with Crippen molar-refractivity contribution < 1.29 is 0 Å². The van der Waals surface area contributed by atoms with E-state index in [-0.39, 0.29) is 0 Å². The van der Waals surface area contributed by atoms with Crippen LogP contribution in [0.3, 0.4) is 0 Å². The molecule has 0 saturated heterocycles. The molecular weight excluding hydrogens is 277 g/mol. The molecule has 0 N–H and O–H groups in total. The summed E-state index contributed by atoms with van der Waals surface area (Å²) in [5, 5.41) is 1.70. The fourth-order valence-electron chi connectivity index (χ4n) is 2.77. The Balaban J connectivity index is 2.16. The largest absolute Gasteiger partial charge is 0.351 e. The SMILES string of the molecule is CC(C)n1cc2c(c1)/C=C(/Cl)C1=C(CCC1)/C(Cl)=C\2. The van der Waals surface area contributed by atoms with Crippen LogP contribution in [0.1, 0.15) is 50.3 Å². The van der Waals surface area contributed by atoms with Crippen molar-refractivity contribution >= 4 is 35.4 Å². The Morgan fingerprint density at radius 1 is 0.947 bits per heavy atom. The van der Waals surface area contributed by atoms with Gasteiger partial charge in [-0.3, -0.25) is 0 Å². The normalized spacial score (nSPS) is 24.3. The molecule has 2 aliphatic carbocycles. The van der Waals surface area contributed by atoms with Crippen LogP contribution < -0.4 is 0 Å². The fourth-order valence-corrected chi connectivity index (χ4v) is 3.42. The zero-order valence-corrected chi connectivity index (χ0v) is 12.7. The van der Waals surface area contributed by atoms with Gasteiger partial charge in [0.25, 0.3) is 0 Å². The summed E-state index contributed by atoms with van der Waals surface area (Å²) >= 11 is 13.0. The Morgan fingerprint density at radius 2 is 1.42 bits per heavy atom. The number of halogens is 2. The maximum atomic E-state index is 6.48. The van der Waals surface area contributed by atoms with Gasteiger partial charge in [0.15, 0.2) is 0 Å². The topological polar surface area (TPSA) is 4.93 Å². The first-order chi connectivity index (χ1) is 9.06. The Labute approximate surface area is 124 Å². The van der Waals surface area contributed by atoms with Crippen molar-refractivity contribution in [2.45, 2.75) is 39.2 Å². The van der Waals surface area contributed by atoms with Crippen LogP contribution in [0.4, 0.5) is 0 Å². The van der Waals surface area contributed by atoms with Crippen LogP contribution in [0.2, 0.25) is 0 Å². The Bertz CT molecular complexity index is 567. The van der Waals surface area contributed by atoms with Gasteiger partial charge in [-0.2, -0.15) is 0 Å². The van der Waals surface area contributed by atoms with E-state index in [9.17, 15) is 0 Å². The monoisotopic (exact) mass is 293 g/mol. The molecule has 2 aliphatic rings. The molecule has 0 unspecified atom stereocenters. The molecule has 0 spiro atoms. The third-order valence-corrected chi connectivity index (χ3v) is 4.54. The molecule has 0 fully saturated rings. The Kier molecular flexibility index (Phi) is 3.36. The van der Waals surface area contributed by atoms with Crippen LogP contribution in [0, 0.1) is 0 Å². The average molecular weight is 294 g/mol. The Hall–Kier alpha value is -0.920. The van der Waals surface area contributed by atoms with E-state index in [2.05, 4.69) is 43.0 Å². The van der Waals surface area contributed by atoms with Gasteiger partial charge in [-0.05, 0) is 56.4 Å². The smallest absolute Gasteiger partial charge is 0.0447 e. The van der Waals surface area contributed by atoms with Gasteiger partial charge < -0.3 is 4.57 Å². The van der Waals surface area contributed by atoms with E-state index in [0.29, 0.717) is 6.04 Å². The maximum absolute atomic E-state index is 6.48. The van der Waals surface area contributed by atoms with Gasteiger partial charge in [0.05, 0.1) is 0 Å². The number of fused-ring (bicyclic) bond motifs is 1. The van der Waals surface area contributed by atoms with Gasteiger partial charge in [-0.25, -0.2) is 0 Å². The summed E-state index contributed by atoms with van der Waals surface area (Å²) in [6.07, 6.45) is 11.7. The van der Waals surface area contributed by atoms with E-state index < -0.39 is 0 Å². The van der Waals surface area contributed by atoms with E-state index in [4.69, 9.17) is 23.2 Å². The van der Waals surface area contributed by atoms with Crippen LogP contribution >= 0.6 is 23.2 Å². The number of rotatable bonds is 1. The third-order valence-electron chi connectivity index (χ3n) is 3.86. The zero-order valence-electron chi connectivity index (χ0n) is 11.2. The number of hydrogen-bond acceptors (Lipinski definition) is 0. The molecule has 0 aromatic carbocycles. The minimum Gasteiger partial charge on any atom is -0.351 e. The molecule has 0 saturated carbocycles. The predicted octanol–water partition coefficient (Wildman–Crippen LogP) is 5.72. The minimum atomic E-state index is 0.437. The van der Waals surface area contributed by atoms with Crippen molar-refractivity contribution in [3.63, 3.8) is 0 Å². The first-order valence-corrected chi connectivity index (χ1v) is 7.50. The van der Waals surface area contributed by atoms with Gasteiger partial charge in [-0.1, -0.05) is 23.2 Å². The van der Waals surface area contributed by atoms with Gasteiger partial charge in [0.1, 0.15) is 0 Å². The van der Waals surface area contributed by atoms with Crippen molar-refractivity contribution in [2.75, 3.05) is 0 Å². The standard InChI is InChI=1S/C16H17Cl2N/c1-10(2)19-8-11-6-15(17)13-4-3-5-14(13)16(18)7-12(11)9-19/h6-10H,3-5H2,1-2H3/b15-6+,16-7+. The quantitative estimate of drug-likeness (QED) is 0.624. The molecule has 3 rings (SSSR count). The van der Waals surface area contributed by atoms with Crippen LogP contribution in [0.25, 0.3) is 12.2 Å². The summed E-state index contributed by atoms with van der Waals surface area (Å²) in [5.74, 6) is 0. The van der Waals surface area contributed by atoms with Gasteiger partial charge in [0, 0.05) is 39.6 Å². The number of allylic oxidation sites excluding steroid dienone is 4. The van der Waals surface area contributed by atoms with Crippen molar-refractivity contribution in [1.82, 2.24) is 4.57 Å². The van der Waals surface area contributed by atoms with Crippen molar-refractivity contribution in [1.29, 1.82) is 0 Å². The highest BCUT2D eigenvalue weighted by molar-refractivity contribution is 6.37. The molecule has 3 heteroatoms. The van der Waals surface area contributed by atoms with Crippen LogP contribution in [0.5, 0.6) is 0 Å². The minimum absolute atomic E-state index is 0.437. The second kappa shape index (κ2) is 4.88. The van der Waals surface area contributed by atoms with Crippen LogP contribution in [0.15, 0.2) is 33.6 Å². The molecule has 1 heterocycles. The van der Waals surface area contributed by atoms with E-state index >= 15 is 0 Å². The zero-order chi connectivity index (χ0) is 13.6. The van der Waals surface area contributed by atoms with Crippen molar-refractivity contribution in [3.8, 4) is 0 Å². The number of hydrogen-bond donors (Lipinski definition) is 0. The molecule has 19 heavy (non-hydrogen) atoms. The molecule has 0 amide bonds. The summed E-state index contributed by atoms with van der Waals surface area (Å²) in [6, 6.07) is 0.437. The van der Waals surface area contributed by atoms with Crippen molar-refractivity contribution in [2.24, 2.45) is 0 Å². The highest BCUT2D eigenvalue weighted by Crippen LogP contribution is 2.41. The molecule has 1 nitrogen and oxygen atoms in total. The molecule has 0 aliphatic heterocycles. The average Bonchev–Trinajstić information content (AvgIpc) is 2.95. The fraction of sp³-hybridized carbons (Fsp3) is 0.375. The van der Waals surface area contributed by atoms with Gasteiger partial charge in [-0.15, -0.1) is 0 Å². The van der Waals surface area contributed by atoms with E-state index in [1.807, 2.05) is 0 Å².